The molecule has 0 aromatic heterocycles. The van der Waals surface area contributed by atoms with Crippen LogP contribution in [-0.4, -0.2) is 25.9 Å². The molecule has 1 aliphatic rings. The van der Waals surface area contributed by atoms with Gasteiger partial charge >= 0.3 is 0 Å². The average molecular weight is 298 g/mol. The Balaban J connectivity index is 0.00000180. The maximum atomic E-state index is 2.82. The highest BCUT2D eigenvalue weighted by molar-refractivity contribution is 6.74. The number of nitrogens with zero attached hydrogens (tertiary/aromatic N) is 1. The maximum absolute atomic E-state index is 2.82. The second-order valence-electron chi connectivity index (χ2n) is 6.47. The summed E-state index contributed by atoms with van der Waals surface area (Å²) in [5, 5.41) is 0. The van der Waals surface area contributed by atoms with Gasteiger partial charge in [0.05, 0.1) is 0 Å². The van der Waals surface area contributed by atoms with Gasteiger partial charge in [-0.3, -0.25) is 0 Å². The second kappa shape index (κ2) is 6.92. The van der Waals surface area contributed by atoms with E-state index in [1.807, 2.05) is 0 Å². The van der Waals surface area contributed by atoms with E-state index >= 15 is 0 Å². The Labute approximate surface area is 125 Å². The lowest BCUT2D eigenvalue weighted by Crippen LogP contribution is -2.52. The van der Waals surface area contributed by atoms with Crippen LogP contribution in [0.2, 0.25) is 13.1 Å². The van der Waals surface area contributed by atoms with E-state index in [0.717, 1.165) is 0 Å². The summed E-state index contributed by atoms with van der Waals surface area (Å²) in [4.78, 5) is 0. The van der Waals surface area contributed by atoms with Crippen molar-refractivity contribution in [1.82, 2.24) is 4.57 Å². The highest BCUT2D eigenvalue weighted by Crippen LogP contribution is 2.23. The molecule has 108 valence electrons. The molecule has 2 rings (SSSR count). The zero-order chi connectivity index (χ0) is 13.2. The maximum Gasteiger partial charge on any atom is 0.126 e. The minimum atomic E-state index is -1.26. The fourth-order valence-electron chi connectivity index (χ4n) is 3.12. The molecule has 19 heavy (non-hydrogen) atoms. The number of hydrogen-bond acceptors (Lipinski definition) is 1. The van der Waals surface area contributed by atoms with Gasteiger partial charge in [0.1, 0.15) is 8.24 Å². The van der Waals surface area contributed by atoms with Crippen LogP contribution in [0.1, 0.15) is 36.0 Å². The van der Waals surface area contributed by atoms with Crippen LogP contribution in [0.25, 0.3) is 0 Å². The van der Waals surface area contributed by atoms with Gasteiger partial charge in [-0.05, 0) is 56.9 Å². The number of aryl methyl sites for hydroxylation is 2. The molecule has 1 aromatic rings. The first-order valence-electron chi connectivity index (χ1n) is 7.30. The van der Waals surface area contributed by atoms with Gasteiger partial charge in [0, 0.05) is 0 Å². The number of piperidine rings is 1. The van der Waals surface area contributed by atoms with Crippen molar-refractivity contribution < 1.29 is 0 Å². The van der Waals surface area contributed by atoms with Crippen LogP contribution in [0, 0.1) is 13.8 Å². The largest absolute Gasteiger partial charge is 0.323 e. The van der Waals surface area contributed by atoms with Crippen LogP contribution in [-0.2, 0) is 6.04 Å². The van der Waals surface area contributed by atoms with Gasteiger partial charge in [0.15, 0.2) is 0 Å². The van der Waals surface area contributed by atoms with E-state index in [-0.39, 0.29) is 12.4 Å². The summed E-state index contributed by atoms with van der Waals surface area (Å²) >= 11 is 0. The molecule has 0 N–H and O–H groups in total. The third-order valence-electron chi connectivity index (χ3n) is 4.33. The van der Waals surface area contributed by atoms with E-state index in [1.54, 1.807) is 5.56 Å². The van der Waals surface area contributed by atoms with Crippen molar-refractivity contribution in [3.63, 3.8) is 0 Å². The Bertz CT molecular complexity index is 411. The highest BCUT2D eigenvalue weighted by Gasteiger charge is 2.30. The summed E-state index contributed by atoms with van der Waals surface area (Å²) in [6.45, 7) is 12.2. The first-order valence-corrected chi connectivity index (χ1v) is 10.5. The van der Waals surface area contributed by atoms with Gasteiger partial charge in [0.2, 0.25) is 0 Å². The SMILES string of the molecule is Cc1ccc(C[Si](C)(C)N2CCCCC2)c(C)c1.Cl. The first-order chi connectivity index (χ1) is 8.49. The number of rotatable bonds is 3. The molecule has 1 aliphatic heterocycles. The molecular weight excluding hydrogens is 270 g/mol. The lowest BCUT2D eigenvalue weighted by atomic mass is 10.1. The van der Waals surface area contributed by atoms with Crippen LogP contribution < -0.4 is 0 Å². The Kier molecular flexibility index (Phi) is 6.09. The van der Waals surface area contributed by atoms with Gasteiger partial charge in [-0.15, -0.1) is 12.4 Å². The molecule has 1 nitrogen and oxygen atoms in total. The van der Waals surface area contributed by atoms with E-state index in [9.17, 15) is 0 Å². The summed E-state index contributed by atoms with van der Waals surface area (Å²) in [5.74, 6) is 0. The fraction of sp³-hybridized carbons (Fsp3) is 0.625. The molecule has 0 spiro atoms. The van der Waals surface area contributed by atoms with E-state index in [4.69, 9.17) is 0 Å². The third-order valence-corrected chi connectivity index (χ3v) is 7.74. The zero-order valence-electron chi connectivity index (χ0n) is 12.8. The van der Waals surface area contributed by atoms with Crippen molar-refractivity contribution >= 4 is 20.6 Å². The second-order valence-corrected chi connectivity index (χ2v) is 11.1. The minimum absolute atomic E-state index is 0. The van der Waals surface area contributed by atoms with Crippen LogP contribution in [0.4, 0.5) is 0 Å². The summed E-state index contributed by atoms with van der Waals surface area (Å²) < 4.78 is 2.82. The van der Waals surface area contributed by atoms with Gasteiger partial charge in [0.25, 0.3) is 0 Å². The van der Waals surface area contributed by atoms with Gasteiger partial charge < -0.3 is 4.57 Å². The molecule has 0 saturated carbocycles. The third kappa shape index (κ3) is 4.33. The normalized spacial score (nSPS) is 17.1. The topological polar surface area (TPSA) is 3.24 Å². The zero-order valence-corrected chi connectivity index (χ0v) is 14.6. The predicted octanol–water partition coefficient (Wildman–Crippen LogP) is 4.50. The van der Waals surface area contributed by atoms with Crippen molar-refractivity contribution in [3.05, 3.63) is 34.9 Å². The summed E-state index contributed by atoms with van der Waals surface area (Å²) in [6.07, 6.45) is 4.25. The molecule has 1 heterocycles. The van der Waals surface area contributed by atoms with E-state index < -0.39 is 8.24 Å². The molecule has 3 heteroatoms. The summed E-state index contributed by atoms with van der Waals surface area (Å²) in [7, 11) is -1.26. The van der Waals surface area contributed by atoms with Crippen LogP contribution in [0.5, 0.6) is 0 Å². The van der Waals surface area contributed by atoms with E-state index in [0.29, 0.717) is 0 Å². The standard InChI is InChI=1S/C16H27NSi.ClH/c1-14-8-9-16(15(2)12-14)13-18(3,4)17-10-6-5-7-11-17;/h8-9,12H,5-7,10-11,13H2,1-4H3;1H. The minimum Gasteiger partial charge on any atom is -0.323 e. The Morgan fingerprint density at radius 3 is 2.26 bits per heavy atom. The lowest BCUT2D eigenvalue weighted by molar-refractivity contribution is 0.342. The molecule has 1 fully saturated rings. The number of hydrogen-bond donors (Lipinski definition) is 0. The van der Waals surface area contributed by atoms with Crippen molar-refractivity contribution in [3.8, 4) is 0 Å². The Hall–Kier alpha value is -0.313. The van der Waals surface area contributed by atoms with Crippen LogP contribution >= 0.6 is 12.4 Å². The molecule has 0 amide bonds. The van der Waals surface area contributed by atoms with Gasteiger partial charge in [-0.1, -0.05) is 43.3 Å². The summed E-state index contributed by atoms with van der Waals surface area (Å²) in [6, 6.07) is 8.25. The van der Waals surface area contributed by atoms with Crippen molar-refractivity contribution in [1.29, 1.82) is 0 Å². The molecule has 0 unspecified atom stereocenters. The van der Waals surface area contributed by atoms with Crippen molar-refractivity contribution in [2.45, 2.75) is 52.2 Å². The van der Waals surface area contributed by atoms with E-state index in [1.165, 1.54) is 49.5 Å². The summed E-state index contributed by atoms with van der Waals surface area (Å²) in [5.41, 5.74) is 4.43. The molecule has 0 bridgehead atoms. The monoisotopic (exact) mass is 297 g/mol. The van der Waals surface area contributed by atoms with Gasteiger partial charge in [-0.25, -0.2) is 0 Å². The number of benzene rings is 1. The molecule has 0 aliphatic carbocycles. The van der Waals surface area contributed by atoms with Gasteiger partial charge in [-0.2, -0.15) is 0 Å². The quantitative estimate of drug-likeness (QED) is 0.743. The molecule has 1 saturated heterocycles. The molecule has 0 radical (unpaired) electrons. The van der Waals surface area contributed by atoms with E-state index in [2.05, 4.69) is 49.7 Å². The Morgan fingerprint density at radius 1 is 1.05 bits per heavy atom. The molecule has 0 atom stereocenters. The van der Waals surface area contributed by atoms with Crippen molar-refractivity contribution in [2.24, 2.45) is 0 Å². The molecular formula is C16H28ClNSi. The Morgan fingerprint density at radius 2 is 1.68 bits per heavy atom. The first kappa shape index (κ1) is 16.7. The highest BCUT2D eigenvalue weighted by atomic mass is 35.5. The van der Waals surface area contributed by atoms with Crippen LogP contribution in [0.3, 0.4) is 0 Å². The molecule has 1 aromatic carbocycles. The predicted molar refractivity (Wildman–Crippen MR) is 89.8 cm³/mol. The van der Waals surface area contributed by atoms with Crippen molar-refractivity contribution in [2.75, 3.05) is 13.1 Å². The number of halogens is 1. The van der Waals surface area contributed by atoms with Crippen LogP contribution in [0.15, 0.2) is 18.2 Å². The smallest absolute Gasteiger partial charge is 0.126 e. The lowest BCUT2D eigenvalue weighted by Gasteiger charge is -2.40. The fourth-order valence-corrected chi connectivity index (χ4v) is 6.20. The average Bonchev–Trinajstić information content (AvgIpc) is 2.34.